The van der Waals surface area contributed by atoms with Gasteiger partial charge in [0.25, 0.3) is 11.8 Å². The van der Waals surface area contributed by atoms with Gasteiger partial charge in [0.15, 0.2) is 0 Å². The van der Waals surface area contributed by atoms with E-state index in [4.69, 9.17) is 4.74 Å². The van der Waals surface area contributed by atoms with Crippen molar-refractivity contribution in [1.82, 2.24) is 9.88 Å². The summed E-state index contributed by atoms with van der Waals surface area (Å²) >= 11 is 0. The number of hydrogen-bond acceptors (Lipinski definition) is 4. The first-order valence-corrected chi connectivity index (χ1v) is 12.8. The van der Waals surface area contributed by atoms with Crippen LogP contribution in [0, 0.1) is 5.82 Å². The van der Waals surface area contributed by atoms with Crippen LogP contribution in [0.4, 0.5) is 14.9 Å². The number of halogens is 1. The van der Waals surface area contributed by atoms with Crippen molar-refractivity contribution in [3.05, 3.63) is 102 Å². The highest BCUT2D eigenvalue weighted by Gasteiger charge is 2.37. The van der Waals surface area contributed by atoms with Crippen molar-refractivity contribution >= 4 is 40.5 Å². The van der Waals surface area contributed by atoms with Crippen LogP contribution in [0.1, 0.15) is 37.3 Å². The Morgan fingerprint density at radius 1 is 0.974 bits per heavy atom. The average Bonchev–Trinajstić information content (AvgIpc) is 3.29. The number of barbiturate groups is 1. The van der Waals surface area contributed by atoms with E-state index in [0.29, 0.717) is 24.6 Å². The molecule has 2 heterocycles. The number of ether oxygens (including phenoxy) is 1. The highest BCUT2D eigenvalue weighted by atomic mass is 19.1. The lowest BCUT2D eigenvalue weighted by molar-refractivity contribution is -0.122. The smallest absolute Gasteiger partial charge is 0.335 e. The molecule has 0 radical (unpaired) electrons. The summed E-state index contributed by atoms with van der Waals surface area (Å²) < 4.78 is 21.6. The van der Waals surface area contributed by atoms with E-state index < -0.39 is 23.7 Å². The molecule has 1 atom stereocenters. The third-order valence-electron chi connectivity index (χ3n) is 6.96. The number of anilines is 1. The molecule has 1 saturated heterocycles. The van der Waals surface area contributed by atoms with Crippen LogP contribution >= 0.6 is 0 Å². The number of amides is 4. The van der Waals surface area contributed by atoms with Crippen molar-refractivity contribution in [2.45, 2.75) is 32.7 Å². The quantitative estimate of drug-likeness (QED) is 0.225. The fourth-order valence-electron chi connectivity index (χ4n) is 4.71. The van der Waals surface area contributed by atoms with Crippen molar-refractivity contribution in [1.29, 1.82) is 0 Å². The Kier molecular flexibility index (Phi) is 7.27. The molecule has 4 amide bonds. The number of carbonyl (C=O) groups excluding carboxylic acids is 3. The Labute approximate surface area is 225 Å². The molecule has 3 aromatic carbocycles. The molecule has 1 aromatic heterocycles. The Hall–Kier alpha value is -4.72. The molecule has 1 aliphatic rings. The van der Waals surface area contributed by atoms with Crippen LogP contribution in [0.25, 0.3) is 17.0 Å². The van der Waals surface area contributed by atoms with Gasteiger partial charge in [0, 0.05) is 22.7 Å². The summed E-state index contributed by atoms with van der Waals surface area (Å²) in [7, 11) is 0. The van der Waals surface area contributed by atoms with Gasteiger partial charge in [-0.15, -0.1) is 0 Å². The molecule has 39 heavy (non-hydrogen) atoms. The molecule has 198 valence electrons. The molecular weight excluding hydrogens is 497 g/mol. The lowest BCUT2D eigenvalue weighted by atomic mass is 9.98. The van der Waals surface area contributed by atoms with Crippen LogP contribution in [0.5, 0.6) is 5.75 Å². The van der Waals surface area contributed by atoms with Crippen LogP contribution in [-0.2, 0) is 16.1 Å². The van der Waals surface area contributed by atoms with E-state index in [1.54, 1.807) is 0 Å². The summed E-state index contributed by atoms with van der Waals surface area (Å²) in [6.07, 6.45) is 4.36. The molecule has 1 unspecified atom stereocenters. The van der Waals surface area contributed by atoms with Gasteiger partial charge >= 0.3 is 6.03 Å². The zero-order chi connectivity index (χ0) is 27.5. The molecule has 0 spiro atoms. The predicted molar refractivity (Wildman–Crippen MR) is 148 cm³/mol. The van der Waals surface area contributed by atoms with Crippen LogP contribution in [-0.4, -0.2) is 29.0 Å². The summed E-state index contributed by atoms with van der Waals surface area (Å²) in [5.74, 6) is -0.828. The number of rotatable bonds is 8. The molecule has 0 aliphatic carbocycles. The number of fused-ring (bicyclic) bond motifs is 1. The second-order valence-electron chi connectivity index (χ2n) is 9.42. The lowest BCUT2D eigenvalue weighted by Gasteiger charge is -2.26. The number of aromatic nitrogens is 1. The van der Waals surface area contributed by atoms with Crippen molar-refractivity contribution in [3.8, 4) is 5.75 Å². The summed E-state index contributed by atoms with van der Waals surface area (Å²) in [6.45, 7) is 5.29. The number of nitrogens with zero attached hydrogens (tertiary/aromatic N) is 2. The predicted octanol–water partition coefficient (Wildman–Crippen LogP) is 6.04. The maximum absolute atomic E-state index is 13.4. The number of imide groups is 2. The second kappa shape index (κ2) is 10.9. The molecule has 1 fully saturated rings. The van der Waals surface area contributed by atoms with Crippen LogP contribution < -0.4 is 15.0 Å². The van der Waals surface area contributed by atoms with Gasteiger partial charge in [0.1, 0.15) is 23.7 Å². The minimum atomic E-state index is -0.883. The summed E-state index contributed by atoms with van der Waals surface area (Å²) in [5.41, 5.74) is 2.70. The summed E-state index contributed by atoms with van der Waals surface area (Å²) in [4.78, 5) is 39.3. The van der Waals surface area contributed by atoms with Gasteiger partial charge in [-0.2, -0.15) is 0 Å². The fourth-order valence-corrected chi connectivity index (χ4v) is 4.71. The number of benzene rings is 3. The third-order valence-corrected chi connectivity index (χ3v) is 6.96. The zero-order valence-corrected chi connectivity index (χ0v) is 21.7. The zero-order valence-electron chi connectivity index (χ0n) is 21.7. The van der Waals surface area contributed by atoms with Crippen molar-refractivity contribution in [3.63, 3.8) is 0 Å². The monoisotopic (exact) mass is 525 g/mol. The highest BCUT2D eigenvalue weighted by Crippen LogP contribution is 2.29. The lowest BCUT2D eigenvalue weighted by Crippen LogP contribution is -2.54. The maximum Gasteiger partial charge on any atom is 0.335 e. The first-order valence-electron chi connectivity index (χ1n) is 12.8. The average molecular weight is 526 g/mol. The number of para-hydroxylation sites is 2. The minimum Gasteiger partial charge on any atom is -0.491 e. The minimum absolute atomic E-state index is 0.162. The van der Waals surface area contributed by atoms with E-state index in [1.165, 1.54) is 23.8 Å². The molecule has 8 heteroatoms. The second-order valence-corrected chi connectivity index (χ2v) is 9.42. The highest BCUT2D eigenvalue weighted by molar-refractivity contribution is 6.39. The van der Waals surface area contributed by atoms with E-state index >= 15 is 0 Å². The Morgan fingerprint density at radius 2 is 1.69 bits per heavy atom. The SMILES string of the molecule is CCC(C)c1ccccc1OCCn1cc(/C=C2/C(=O)NC(=O)N(c3ccc(F)cc3)C2=O)c2ccccc21. The standard InChI is InChI=1S/C31H28FN3O4/c1-3-20(2)24-8-5-7-11-28(24)39-17-16-34-19-21(25-9-4-6-10-27(25)34)18-26-29(36)33-31(38)35(30(26)37)23-14-12-22(32)13-15-23/h4-15,18-20H,3,16-17H2,1-2H3,(H,33,36,38)/b26-18-. The van der Waals surface area contributed by atoms with E-state index in [1.807, 2.05) is 53.2 Å². The van der Waals surface area contributed by atoms with Gasteiger partial charge < -0.3 is 9.30 Å². The molecule has 0 bridgehead atoms. The Balaban J connectivity index is 1.43. The maximum atomic E-state index is 13.4. The molecule has 0 saturated carbocycles. The van der Waals surface area contributed by atoms with Gasteiger partial charge in [-0.3, -0.25) is 14.9 Å². The van der Waals surface area contributed by atoms with Crippen molar-refractivity contribution in [2.75, 3.05) is 11.5 Å². The first kappa shape index (κ1) is 25.9. The van der Waals surface area contributed by atoms with E-state index in [0.717, 1.165) is 40.1 Å². The summed E-state index contributed by atoms with van der Waals surface area (Å²) in [6, 6.07) is 19.7. The van der Waals surface area contributed by atoms with E-state index in [-0.39, 0.29) is 11.3 Å². The molecule has 1 N–H and O–H groups in total. The first-order chi connectivity index (χ1) is 18.9. The largest absolute Gasteiger partial charge is 0.491 e. The van der Waals surface area contributed by atoms with Gasteiger partial charge in [0.05, 0.1) is 12.2 Å². The molecule has 5 rings (SSSR count). The molecular formula is C31H28FN3O4. The molecule has 7 nitrogen and oxygen atoms in total. The van der Waals surface area contributed by atoms with Gasteiger partial charge in [-0.25, -0.2) is 14.1 Å². The Morgan fingerprint density at radius 3 is 2.46 bits per heavy atom. The van der Waals surface area contributed by atoms with Gasteiger partial charge in [-0.1, -0.05) is 50.2 Å². The third kappa shape index (κ3) is 5.18. The fraction of sp³-hybridized carbons (Fsp3) is 0.194. The van der Waals surface area contributed by atoms with E-state index in [9.17, 15) is 18.8 Å². The molecule has 1 aliphatic heterocycles. The number of hydrogen-bond donors (Lipinski definition) is 1. The topological polar surface area (TPSA) is 80.6 Å². The normalized spacial score (nSPS) is 15.6. The van der Waals surface area contributed by atoms with Gasteiger partial charge in [-0.05, 0) is 60.4 Å². The number of urea groups is 1. The van der Waals surface area contributed by atoms with Crippen LogP contribution in [0.2, 0.25) is 0 Å². The Bertz CT molecular complexity index is 1590. The van der Waals surface area contributed by atoms with Crippen LogP contribution in [0.3, 0.4) is 0 Å². The van der Waals surface area contributed by atoms with Crippen LogP contribution in [0.15, 0.2) is 84.6 Å². The van der Waals surface area contributed by atoms with E-state index in [2.05, 4.69) is 25.2 Å². The number of carbonyl (C=O) groups is 3. The number of nitrogens with one attached hydrogen (secondary N) is 1. The molecule has 4 aromatic rings. The summed E-state index contributed by atoms with van der Waals surface area (Å²) in [5, 5.41) is 3.05. The van der Waals surface area contributed by atoms with Crippen molar-refractivity contribution < 1.29 is 23.5 Å². The van der Waals surface area contributed by atoms with Crippen molar-refractivity contribution in [2.24, 2.45) is 0 Å². The van der Waals surface area contributed by atoms with Gasteiger partial charge in [0.2, 0.25) is 0 Å².